The molecule has 1 aliphatic carbocycles. The van der Waals surface area contributed by atoms with E-state index >= 15 is 4.39 Å². The molecule has 2 aliphatic heterocycles. The Morgan fingerprint density at radius 3 is 2.29 bits per heavy atom. The second-order valence-electron chi connectivity index (χ2n) is 12.1. The van der Waals surface area contributed by atoms with Crippen LogP contribution in [0.3, 0.4) is 0 Å². The van der Waals surface area contributed by atoms with Crippen molar-refractivity contribution in [3.63, 3.8) is 0 Å². The average molecular weight is 569 g/mol. The first kappa shape index (κ1) is 28.3. The predicted octanol–water partition coefficient (Wildman–Crippen LogP) is 7.32. The van der Waals surface area contributed by atoms with Crippen LogP contribution in [0.1, 0.15) is 78.9 Å². The Morgan fingerprint density at radius 2 is 1.55 bits per heavy atom. The van der Waals surface area contributed by atoms with E-state index in [2.05, 4.69) is 21.6 Å². The van der Waals surface area contributed by atoms with E-state index in [1.54, 1.807) is 24.0 Å². The van der Waals surface area contributed by atoms with Crippen LogP contribution in [0.5, 0.6) is 0 Å². The molecule has 2 amide bonds. The number of nitrogens with zero attached hydrogens (tertiary/aromatic N) is 2. The fourth-order valence-electron chi connectivity index (χ4n) is 7.03. The molecule has 3 aromatic carbocycles. The van der Waals surface area contributed by atoms with Crippen molar-refractivity contribution in [3.05, 3.63) is 89.2 Å². The van der Waals surface area contributed by atoms with E-state index < -0.39 is 17.8 Å². The van der Waals surface area contributed by atoms with Crippen molar-refractivity contribution < 1.29 is 14.0 Å². The number of hydrogen-bond acceptors (Lipinski definition) is 4. The second-order valence-corrected chi connectivity index (χ2v) is 12.1. The van der Waals surface area contributed by atoms with Crippen molar-refractivity contribution in [1.82, 2.24) is 4.90 Å². The number of amides is 2. The minimum absolute atomic E-state index is 0.0846. The van der Waals surface area contributed by atoms with Crippen molar-refractivity contribution in [2.45, 2.75) is 70.4 Å². The molecule has 3 aromatic rings. The lowest BCUT2D eigenvalue weighted by Gasteiger charge is -2.41. The van der Waals surface area contributed by atoms with E-state index in [0.717, 1.165) is 35.7 Å². The normalized spacial score (nSPS) is 21.0. The van der Waals surface area contributed by atoms with Gasteiger partial charge < -0.3 is 20.4 Å². The summed E-state index contributed by atoms with van der Waals surface area (Å²) in [6.45, 7) is 4.28. The number of rotatable bonds is 7. The molecular weight excluding hydrogens is 527 g/mol. The standard InChI is InChI=1S/C35H41FN4O2/c1-24-9-6-15-31(36)32(24)35(42)40-22-8-14-30(33(40)25-16-18-27(19-17-25)37-26-10-2-3-11-26)34(41)38-28-12-7-13-29(23-28)39-20-4-5-21-39/h6-7,9,12-13,15-19,23,26,30,33,37H,2-5,8,10-11,14,20-22H2,1H3,(H,38,41)/t30?,33-/m0/s1. The molecule has 2 atom stereocenters. The first-order valence-electron chi connectivity index (χ1n) is 15.6. The van der Waals surface area contributed by atoms with E-state index in [-0.39, 0.29) is 17.4 Å². The van der Waals surface area contributed by atoms with E-state index in [0.29, 0.717) is 31.0 Å². The van der Waals surface area contributed by atoms with Crippen molar-refractivity contribution in [2.75, 3.05) is 35.2 Å². The summed E-state index contributed by atoms with van der Waals surface area (Å²) in [6.07, 6.45) is 8.53. The molecule has 2 N–H and O–H groups in total. The third-order valence-corrected chi connectivity index (χ3v) is 9.23. The zero-order chi connectivity index (χ0) is 29.1. The molecule has 0 aromatic heterocycles. The van der Waals surface area contributed by atoms with Crippen molar-refractivity contribution in [2.24, 2.45) is 5.92 Å². The van der Waals surface area contributed by atoms with Crippen LogP contribution < -0.4 is 15.5 Å². The molecule has 7 heteroatoms. The smallest absolute Gasteiger partial charge is 0.257 e. The van der Waals surface area contributed by atoms with Gasteiger partial charge in [0.05, 0.1) is 17.5 Å². The van der Waals surface area contributed by atoms with Gasteiger partial charge in [-0.15, -0.1) is 0 Å². The van der Waals surface area contributed by atoms with Crippen molar-refractivity contribution in [1.29, 1.82) is 0 Å². The van der Waals surface area contributed by atoms with Crippen LogP contribution in [0.25, 0.3) is 0 Å². The topological polar surface area (TPSA) is 64.7 Å². The lowest BCUT2D eigenvalue weighted by atomic mass is 9.83. The third kappa shape index (κ3) is 6.01. The SMILES string of the molecule is Cc1cccc(F)c1C(=O)N1CCCC(C(=O)Nc2cccc(N3CCCC3)c2)[C@@H]1c1ccc(NC2CCCC2)cc1. The van der Waals surface area contributed by atoms with Crippen LogP contribution in [-0.4, -0.2) is 42.4 Å². The monoisotopic (exact) mass is 568 g/mol. The number of benzene rings is 3. The summed E-state index contributed by atoms with van der Waals surface area (Å²) in [5, 5.41) is 6.79. The zero-order valence-electron chi connectivity index (χ0n) is 24.4. The Labute approximate surface area is 248 Å². The highest BCUT2D eigenvalue weighted by Gasteiger charge is 2.40. The largest absolute Gasteiger partial charge is 0.382 e. The average Bonchev–Trinajstić information content (AvgIpc) is 3.72. The Bertz CT molecular complexity index is 1390. The first-order chi connectivity index (χ1) is 20.5. The molecule has 2 saturated heterocycles. The maximum Gasteiger partial charge on any atom is 0.257 e. The van der Waals surface area contributed by atoms with E-state index in [4.69, 9.17) is 0 Å². The lowest BCUT2D eigenvalue weighted by molar-refractivity contribution is -0.123. The molecule has 2 heterocycles. The van der Waals surface area contributed by atoms with Gasteiger partial charge in [-0.1, -0.05) is 43.2 Å². The number of carbonyl (C=O) groups is 2. The molecule has 42 heavy (non-hydrogen) atoms. The fourth-order valence-corrected chi connectivity index (χ4v) is 7.03. The molecular formula is C35H41FN4O2. The maximum atomic E-state index is 15.0. The zero-order valence-corrected chi connectivity index (χ0v) is 24.4. The summed E-state index contributed by atoms with van der Waals surface area (Å²) >= 11 is 0. The van der Waals surface area contributed by atoms with Gasteiger partial charge in [0.2, 0.25) is 5.91 Å². The minimum Gasteiger partial charge on any atom is -0.382 e. The summed E-state index contributed by atoms with van der Waals surface area (Å²) in [5.74, 6) is -1.48. The van der Waals surface area contributed by atoms with Crippen LogP contribution in [0, 0.1) is 18.7 Å². The van der Waals surface area contributed by atoms with Crippen LogP contribution >= 0.6 is 0 Å². The molecule has 6 rings (SSSR count). The summed E-state index contributed by atoms with van der Waals surface area (Å²) < 4.78 is 15.0. The Balaban J connectivity index is 1.29. The van der Waals surface area contributed by atoms with E-state index in [9.17, 15) is 9.59 Å². The van der Waals surface area contributed by atoms with Crippen molar-refractivity contribution in [3.8, 4) is 0 Å². The summed E-state index contributed by atoms with van der Waals surface area (Å²) in [5.41, 5.74) is 4.49. The van der Waals surface area contributed by atoms with Gasteiger partial charge >= 0.3 is 0 Å². The molecule has 3 fully saturated rings. The molecule has 0 bridgehead atoms. The fraction of sp³-hybridized carbons (Fsp3) is 0.429. The number of nitrogens with one attached hydrogen (secondary N) is 2. The van der Waals surface area contributed by atoms with Crippen molar-refractivity contribution >= 4 is 28.9 Å². The van der Waals surface area contributed by atoms with Crippen LogP contribution in [0.4, 0.5) is 21.5 Å². The molecule has 220 valence electrons. The highest BCUT2D eigenvalue weighted by atomic mass is 19.1. The predicted molar refractivity (Wildman–Crippen MR) is 166 cm³/mol. The number of carbonyl (C=O) groups excluding carboxylic acids is 2. The Kier molecular flexibility index (Phi) is 8.45. The summed E-state index contributed by atoms with van der Waals surface area (Å²) in [4.78, 5) is 32.0. The number of halogens is 1. The van der Waals surface area contributed by atoms with Gasteiger partial charge in [0.1, 0.15) is 5.82 Å². The lowest BCUT2D eigenvalue weighted by Crippen LogP contribution is -2.46. The number of anilines is 3. The molecule has 1 unspecified atom stereocenters. The van der Waals surface area contributed by atoms with Gasteiger partial charge in [0.15, 0.2) is 0 Å². The van der Waals surface area contributed by atoms with Gasteiger partial charge in [-0.3, -0.25) is 9.59 Å². The highest BCUT2D eigenvalue weighted by Crippen LogP contribution is 2.39. The highest BCUT2D eigenvalue weighted by molar-refractivity contribution is 5.98. The number of hydrogen-bond donors (Lipinski definition) is 2. The van der Waals surface area contributed by atoms with Crippen LogP contribution in [-0.2, 0) is 4.79 Å². The minimum atomic E-state index is -0.528. The van der Waals surface area contributed by atoms with E-state index in [1.165, 1.54) is 44.6 Å². The molecule has 0 radical (unpaired) electrons. The Hall–Kier alpha value is -3.87. The molecule has 6 nitrogen and oxygen atoms in total. The molecule has 1 saturated carbocycles. The maximum absolute atomic E-state index is 15.0. The first-order valence-corrected chi connectivity index (χ1v) is 15.6. The third-order valence-electron chi connectivity index (χ3n) is 9.23. The van der Waals surface area contributed by atoms with Gasteiger partial charge in [-0.05, 0) is 93.0 Å². The number of aryl methyl sites for hydroxylation is 1. The number of likely N-dealkylation sites (tertiary alicyclic amines) is 1. The molecule has 0 spiro atoms. The molecule has 3 aliphatic rings. The van der Waals surface area contributed by atoms with Crippen LogP contribution in [0.15, 0.2) is 66.7 Å². The summed E-state index contributed by atoms with van der Waals surface area (Å²) in [7, 11) is 0. The van der Waals surface area contributed by atoms with Crippen LogP contribution in [0.2, 0.25) is 0 Å². The van der Waals surface area contributed by atoms with Gasteiger partial charge in [0.25, 0.3) is 5.91 Å². The second kappa shape index (κ2) is 12.6. The quantitative estimate of drug-likeness (QED) is 0.313. The van der Waals surface area contributed by atoms with E-state index in [1.807, 2.05) is 42.5 Å². The number of piperidine rings is 1. The Morgan fingerprint density at radius 1 is 0.810 bits per heavy atom. The van der Waals surface area contributed by atoms with Gasteiger partial charge in [0, 0.05) is 42.7 Å². The van der Waals surface area contributed by atoms with Gasteiger partial charge in [-0.2, -0.15) is 0 Å². The summed E-state index contributed by atoms with van der Waals surface area (Å²) in [6, 6.07) is 20.9. The van der Waals surface area contributed by atoms with Gasteiger partial charge in [-0.25, -0.2) is 4.39 Å².